The van der Waals surface area contributed by atoms with Gasteiger partial charge in [-0.15, -0.1) is 0 Å². The molecule has 3 rings (SSSR count). The highest BCUT2D eigenvalue weighted by atomic mass is 19.1. The number of halogens is 1. The van der Waals surface area contributed by atoms with Crippen LogP contribution in [-0.2, 0) is 6.54 Å². The summed E-state index contributed by atoms with van der Waals surface area (Å²) in [7, 11) is 1.54. The fraction of sp³-hybridized carbons (Fsp3) is 0.105. The number of ether oxygens (including phenoxy) is 1. The molecule has 26 heavy (non-hydrogen) atoms. The summed E-state index contributed by atoms with van der Waals surface area (Å²) in [5, 5.41) is 5.45. The minimum absolute atomic E-state index is 0.220. The van der Waals surface area contributed by atoms with Gasteiger partial charge in [-0.2, -0.15) is 0 Å². The number of rotatable bonds is 5. The van der Waals surface area contributed by atoms with Gasteiger partial charge in [0, 0.05) is 5.56 Å². The van der Waals surface area contributed by atoms with Gasteiger partial charge in [-0.1, -0.05) is 12.1 Å². The zero-order valence-corrected chi connectivity index (χ0v) is 14.1. The summed E-state index contributed by atoms with van der Waals surface area (Å²) in [4.78, 5) is 20.4. The molecular formula is C19H17FN4O2. The number of urea groups is 1. The van der Waals surface area contributed by atoms with Gasteiger partial charge >= 0.3 is 6.03 Å². The molecule has 0 aliphatic heterocycles. The average molecular weight is 352 g/mol. The minimum atomic E-state index is -0.378. The van der Waals surface area contributed by atoms with E-state index < -0.39 is 0 Å². The lowest BCUT2D eigenvalue weighted by molar-refractivity contribution is 0.251. The highest BCUT2D eigenvalue weighted by molar-refractivity contribution is 5.90. The third kappa shape index (κ3) is 4.32. The fourth-order valence-electron chi connectivity index (χ4n) is 2.36. The molecule has 0 spiro atoms. The van der Waals surface area contributed by atoms with E-state index in [1.807, 2.05) is 6.07 Å². The predicted molar refractivity (Wildman–Crippen MR) is 96.3 cm³/mol. The molecule has 1 aromatic heterocycles. The quantitative estimate of drug-likeness (QED) is 0.735. The van der Waals surface area contributed by atoms with Gasteiger partial charge in [0.2, 0.25) is 0 Å². The van der Waals surface area contributed by atoms with Crippen LogP contribution in [-0.4, -0.2) is 23.1 Å². The molecule has 7 heteroatoms. The number of methoxy groups -OCH3 is 1. The van der Waals surface area contributed by atoms with Gasteiger partial charge in [-0.05, 0) is 42.5 Å². The third-order valence-electron chi connectivity index (χ3n) is 3.65. The number of aromatic nitrogens is 2. The van der Waals surface area contributed by atoms with E-state index in [4.69, 9.17) is 4.74 Å². The number of carbonyl (C=O) groups is 1. The van der Waals surface area contributed by atoms with Crippen molar-refractivity contribution in [2.75, 3.05) is 12.4 Å². The molecule has 0 fully saturated rings. The minimum Gasteiger partial charge on any atom is -0.495 e. The smallest absolute Gasteiger partial charge is 0.319 e. The Kier molecular flexibility index (Phi) is 5.38. The topological polar surface area (TPSA) is 76.1 Å². The summed E-state index contributed by atoms with van der Waals surface area (Å²) in [6.07, 6.45) is 1.41. The van der Waals surface area contributed by atoms with Crippen LogP contribution in [0.5, 0.6) is 5.75 Å². The van der Waals surface area contributed by atoms with Crippen molar-refractivity contribution < 1.29 is 13.9 Å². The molecule has 0 saturated heterocycles. The Morgan fingerprint density at radius 3 is 2.65 bits per heavy atom. The molecule has 0 radical (unpaired) electrons. The molecule has 0 aliphatic rings. The average Bonchev–Trinajstić information content (AvgIpc) is 2.67. The lowest BCUT2D eigenvalue weighted by atomic mass is 10.1. The van der Waals surface area contributed by atoms with E-state index in [0.717, 1.165) is 5.56 Å². The SMILES string of the molecule is COc1ccccc1NC(=O)NCc1cc(-c2ccc(F)cc2)ncn1. The second-order valence-electron chi connectivity index (χ2n) is 5.41. The molecule has 2 N–H and O–H groups in total. The van der Waals surface area contributed by atoms with E-state index in [1.54, 1.807) is 36.4 Å². The van der Waals surface area contributed by atoms with Gasteiger partial charge < -0.3 is 15.4 Å². The molecule has 132 valence electrons. The lowest BCUT2D eigenvalue weighted by Crippen LogP contribution is -2.28. The van der Waals surface area contributed by atoms with Gasteiger partial charge in [-0.25, -0.2) is 19.2 Å². The summed E-state index contributed by atoms with van der Waals surface area (Å²) >= 11 is 0. The highest BCUT2D eigenvalue weighted by Gasteiger charge is 2.08. The van der Waals surface area contributed by atoms with Crippen LogP contribution in [0.25, 0.3) is 11.3 Å². The zero-order valence-electron chi connectivity index (χ0n) is 14.1. The number of hydrogen-bond donors (Lipinski definition) is 2. The van der Waals surface area contributed by atoms with Gasteiger partial charge in [0.25, 0.3) is 0 Å². The molecule has 3 aromatic rings. The van der Waals surface area contributed by atoms with E-state index >= 15 is 0 Å². The first kappa shape index (κ1) is 17.3. The summed E-state index contributed by atoms with van der Waals surface area (Å²) in [5.74, 6) is 0.265. The van der Waals surface area contributed by atoms with Crippen LogP contribution in [0.2, 0.25) is 0 Å². The number of benzene rings is 2. The first-order chi connectivity index (χ1) is 12.7. The Balaban J connectivity index is 1.63. The van der Waals surface area contributed by atoms with Crippen molar-refractivity contribution in [3.63, 3.8) is 0 Å². The summed E-state index contributed by atoms with van der Waals surface area (Å²) in [6.45, 7) is 0.220. The van der Waals surface area contributed by atoms with Crippen molar-refractivity contribution in [1.29, 1.82) is 0 Å². The predicted octanol–water partition coefficient (Wildman–Crippen LogP) is 3.61. The summed E-state index contributed by atoms with van der Waals surface area (Å²) in [6, 6.07) is 14.5. The highest BCUT2D eigenvalue weighted by Crippen LogP contribution is 2.22. The maximum absolute atomic E-state index is 13.0. The van der Waals surface area contributed by atoms with E-state index in [1.165, 1.54) is 25.6 Å². The van der Waals surface area contributed by atoms with Crippen LogP contribution in [0.15, 0.2) is 60.9 Å². The van der Waals surface area contributed by atoms with Gasteiger partial charge in [0.05, 0.1) is 30.7 Å². The first-order valence-corrected chi connectivity index (χ1v) is 7.90. The Morgan fingerprint density at radius 1 is 1.12 bits per heavy atom. The fourth-order valence-corrected chi connectivity index (χ4v) is 2.36. The molecule has 0 atom stereocenters. The lowest BCUT2D eigenvalue weighted by Gasteiger charge is -2.11. The molecule has 2 aromatic carbocycles. The number of amides is 2. The molecule has 1 heterocycles. The van der Waals surface area contributed by atoms with Crippen molar-refractivity contribution in [2.45, 2.75) is 6.54 Å². The monoisotopic (exact) mass is 352 g/mol. The van der Waals surface area contributed by atoms with E-state index in [2.05, 4.69) is 20.6 Å². The molecule has 6 nitrogen and oxygen atoms in total. The molecule has 2 amide bonds. The van der Waals surface area contributed by atoms with Crippen LogP contribution in [0.1, 0.15) is 5.69 Å². The van der Waals surface area contributed by atoms with Crippen molar-refractivity contribution >= 4 is 11.7 Å². The Labute approximate surface area is 150 Å². The second kappa shape index (κ2) is 8.06. The first-order valence-electron chi connectivity index (χ1n) is 7.90. The number of carbonyl (C=O) groups excluding carboxylic acids is 1. The standard InChI is InChI=1S/C19H17FN4O2/c1-26-18-5-3-2-4-16(18)24-19(25)21-11-15-10-17(23-12-22-15)13-6-8-14(20)9-7-13/h2-10,12H,11H2,1H3,(H2,21,24,25). The number of anilines is 1. The number of para-hydroxylation sites is 2. The molecule has 0 saturated carbocycles. The van der Waals surface area contributed by atoms with Crippen LogP contribution >= 0.6 is 0 Å². The number of nitrogens with one attached hydrogen (secondary N) is 2. The van der Waals surface area contributed by atoms with Crippen LogP contribution in [0, 0.1) is 5.82 Å². The van der Waals surface area contributed by atoms with Crippen molar-refractivity contribution in [3.8, 4) is 17.0 Å². The van der Waals surface area contributed by atoms with E-state index in [-0.39, 0.29) is 18.4 Å². The van der Waals surface area contributed by atoms with Gasteiger partial charge in [0.15, 0.2) is 0 Å². The van der Waals surface area contributed by atoms with Crippen LogP contribution < -0.4 is 15.4 Å². The van der Waals surface area contributed by atoms with Crippen LogP contribution in [0.4, 0.5) is 14.9 Å². The second-order valence-corrected chi connectivity index (χ2v) is 5.41. The van der Waals surface area contributed by atoms with Gasteiger partial charge in [0.1, 0.15) is 17.9 Å². The molecular weight excluding hydrogens is 335 g/mol. The van der Waals surface area contributed by atoms with E-state index in [9.17, 15) is 9.18 Å². The summed E-state index contributed by atoms with van der Waals surface area (Å²) < 4.78 is 18.2. The Bertz CT molecular complexity index is 900. The van der Waals surface area contributed by atoms with E-state index in [0.29, 0.717) is 22.8 Å². The van der Waals surface area contributed by atoms with Crippen molar-refractivity contribution in [2.24, 2.45) is 0 Å². The normalized spacial score (nSPS) is 10.2. The number of hydrogen-bond acceptors (Lipinski definition) is 4. The largest absolute Gasteiger partial charge is 0.495 e. The number of nitrogens with zero attached hydrogens (tertiary/aromatic N) is 2. The van der Waals surface area contributed by atoms with Crippen molar-refractivity contribution in [1.82, 2.24) is 15.3 Å². The summed E-state index contributed by atoms with van der Waals surface area (Å²) in [5.41, 5.74) is 2.63. The maximum Gasteiger partial charge on any atom is 0.319 e. The molecule has 0 unspecified atom stereocenters. The van der Waals surface area contributed by atoms with Crippen molar-refractivity contribution in [3.05, 3.63) is 72.4 Å². The van der Waals surface area contributed by atoms with Gasteiger partial charge in [-0.3, -0.25) is 0 Å². The van der Waals surface area contributed by atoms with Crippen LogP contribution in [0.3, 0.4) is 0 Å². The maximum atomic E-state index is 13.0. The Hall–Kier alpha value is -3.48. The third-order valence-corrected chi connectivity index (χ3v) is 3.65. The zero-order chi connectivity index (χ0) is 18.4. The Morgan fingerprint density at radius 2 is 1.88 bits per heavy atom. The molecule has 0 bridgehead atoms. The molecule has 0 aliphatic carbocycles.